The maximum absolute atomic E-state index is 13.3. The van der Waals surface area contributed by atoms with E-state index >= 15 is 0 Å². The molecule has 0 amide bonds. The van der Waals surface area contributed by atoms with Gasteiger partial charge in [0.25, 0.3) is 0 Å². The second-order valence-corrected chi connectivity index (χ2v) is 3.60. The van der Waals surface area contributed by atoms with Gasteiger partial charge in [-0.3, -0.25) is 9.78 Å². The normalized spacial score (nSPS) is 10.8. The monoisotopic (exact) mass is 245 g/mol. The second-order valence-electron chi connectivity index (χ2n) is 3.60. The molecule has 0 aliphatic rings. The molecule has 0 saturated carbocycles. The van der Waals surface area contributed by atoms with Crippen molar-refractivity contribution < 1.29 is 13.6 Å². The highest BCUT2D eigenvalue weighted by atomic mass is 19.1. The van der Waals surface area contributed by atoms with Crippen LogP contribution in [0.5, 0.6) is 0 Å². The fourth-order valence-electron chi connectivity index (χ4n) is 1.43. The SMILES string of the molecule is O=C(/C=C/c1ccncc1)c1ccc(F)cc1F. The number of pyridine rings is 1. The zero-order chi connectivity index (χ0) is 13.0. The van der Waals surface area contributed by atoms with Gasteiger partial charge in [0.15, 0.2) is 5.78 Å². The van der Waals surface area contributed by atoms with E-state index in [0.29, 0.717) is 6.07 Å². The number of nitrogens with zero attached hydrogens (tertiary/aromatic N) is 1. The molecule has 0 bridgehead atoms. The van der Waals surface area contributed by atoms with E-state index in [1.807, 2.05) is 0 Å². The Morgan fingerprint density at radius 3 is 2.50 bits per heavy atom. The van der Waals surface area contributed by atoms with Crippen LogP contribution < -0.4 is 0 Å². The van der Waals surface area contributed by atoms with Crippen molar-refractivity contribution in [3.8, 4) is 0 Å². The van der Waals surface area contributed by atoms with E-state index in [2.05, 4.69) is 4.98 Å². The molecule has 0 saturated heterocycles. The van der Waals surface area contributed by atoms with Gasteiger partial charge in [-0.15, -0.1) is 0 Å². The van der Waals surface area contributed by atoms with Gasteiger partial charge in [0.05, 0.1) is 5.56 Å². The highest BCUT2D eigenvalue weighted by molar-refractivity contribution is 6.06. The molecular formula is C14H9F2NO. The zero-order valence-electron chi connectivity index (χ0n) is 9.31. The van der Waals surface area contributed by atoms with E-state index in [1.165, 1.54) is 6.08 Å². The van der Waals surface area contributed by atoms with Crippen molar-refractivity contribution in [3.63, 3.8) is 0 Å². The standard InChI is InChI=1S/C14H9F2NO/c15-11-2-3-12(13(16)9-11)14(18)4-1-10-5-7-17-8-6-10/h1-9H/b4-1+. The maximum Gasteiger partial charge on any atom is 0.188 e. The highest BCUT2D eigenvalue weighted by Crippen LogP contribution is 2.11. The summed E-state index contributed by atoms with van der Waals surface area (Å²) in [5.41, 5.74) is 0.627. The van der Waals surface area contributed by atoms with Crippen LogP contribution in [0.1, 0.15) is 15.9 Å². The number of ketones is 1. The zero-order valence-corrected chi connectivity index (χ0v) is 9.31. The third-order valence-corrected chi connectivity index (χ3v) is 2.33. The van der Waals surface area contributed by atoms with Gasteiger partial charge in [-0.05, 0) is 35.9 Å². The number of benzene rings is 1. The summed E-state index contributed by atoms with van der Waals surface area (Å²) in [6.07, 6.45) is 5.96. The van der Waals surface area contributed by atoms with Crippen molar-refractivity contribution in [3.05, 3.63) is 71.6 Å². The van der Waals surface area contributed by atoms with Gasteiger partial charge < -0.3 is 0 Å². The van der Waals surface area contributed by atoms with Gasteiger partial charge in [-0.1, -0.05) is 6.08 Å². The number of hydrogen-bond acceptors (Lipinski definition) is 2. The van der Waals surface area contributed by atoms with Crippen LogP contribution >= 0.6 is 0 Å². The minimum absolute atomic E-state index is 0.151. The summed E-state index contributed by atoms with van der Waals surface area (Å²) in [7, 11) is 0. The van der Waals surface area contributed by atoms with Crippen LogP contribution in [0.2, 0.25) is 0 Å². The minimum Gasteiger partial charge on any atom is -0.289 e. The fraction of sp³-hybridized carbons (Fsp3) is 0. The molecular weight excluding hydrogens is 236 g/mol. The van der Waals surface area contributed by atoms with E-state index in [1.54, 1.807) is 30.6 Å². The van der Waals surface area contributed by atoms with E-state index in [0.717, 1.165) is 17.7 Å². The largest absolute Gasteiger partial charge is 0.289 e. The van der Waals surface area contributed by atoms with Crippen LogP contribution in [-0.4, -0.2) is 10.8 Å². The molecule has 18 heavy (non-hydrogen) atoms. The van der Waals surface area contributed by atoms with Gasteiger partial charge >= 0.3 is 0 Å². The summed E-state index contributed by atoms with van der Waals surface area (Å²) in [6.45, 7) is 0. The number of carbonyl (C=O) groups is 1. The summed E-state index contributed by atoms with van der Waals surface area (Å²) in [6, 6.07) is 6.30. The van der Waals surface area contributed by atoms with Gasteiger partial charge in [0, 0.05) is 18.5 Å². The minimum atomic E-state index is -0.862. The Labute approximate surface area is 103 Å². The lowest BCUT2D eigenvalue weighted by Gasteiger charge is -1.98. The van der Waals surface area contributed by atoms with E-state index in [-0.39, 0.29) is 5.56 Å². The van der Waals surface area contributed by atoms with Crippen LogP contribution in [0, 0.1) is 11.6 Å². The van der Waals surface area contributed by atoms with Crippen molar-refractivity contribution in [1.82, 2.24) is 4.98 Å². The Balaban J connectivity index is 2.20. The molecule has 0 radical (unpaired) electrons. The van der Waals surface area contributed by atoms with E-state index < -0.39 is 17.4 Å². The average molecular weight is 245 g/mol. The molecule has 0 spiro atoms. The smallest absolute Gasteiger partial charge is 0.188 e. The molecule has 2 rings (SSSR count). The maximum atomic E-state index is 13.3. The van der Waals surface area contributed by atoms with Gasteiger partial charge in [-0.2, -0.15) is 0 Å². The lowest BCUT2D eigenvalue weighted by Crippen LogP contribution is -1.99. The molecule has 1 aromatic carbocycles. The van der Waals surface area contributed by atoms with Crippen molar-refractivity contribution in [2.45, 2.75) is 0 Å². The Morgan fingerprint density at radius 1 is 1.11 bits per heavy atom. The molecule has 2 nitrogen and oxygen atoms in total. The average Bonchev–Trinajstić information content (AvgIpc) is 2.37. The topological polar surface area (TPSA) is 30.0 Å². The van der Waals surface area contributed by atoms with Crippen molar-refractivity contribution in [1.29, 1.82) is 0 Å². The van der Waals surface area contributed by atoms with Crippen LogP contribution in [0.25, 0.3) is 6.08 Å². The molecule has 0 aliphatic carbocycles. The number of allylic oxidation sites excluding steroid dienone is 1. The first-order chi connectivity index (χ1) is 8.66. The van der Waals surface area contributed by atoms with E-state index in [4.69, 9.17) is 0 Å². The van der Waals surface area contributed by atoms with Crippen molar-refractivity contribution >= 4 is 11.9 Å². The number of hydrogen-bond donors (Lipinski definition) is 0. The second kappa shape index (κ2) is 5.31. The molecule has 90 valence electrons. The van der Waals surface area contributed by atoms with Gasteiger partial charge in [0.2, 0.25) is 0 Å². The Bertz CT molecular complexity index is 594. The van der Waals surface area contributed by atoms with Crippen LogP contribution in [0.15, 0.2) is 48.8 Å². The summed E-state index contributed by atoms with van der Waals surface area (Å²) >= 11 is 0. The van der Waals surface area contributed by atoms with Crippen molar-refractivity contribution in [2.75, 3.05) is 0 Å². The Morgan fingerprint density at radius 2 is 1.83 bits per heavy atom. The third-order valence-electron chi connectivity index (χ3n) is 2.33. The lowest BCUT2D eigenvalue weighted by molar-refractivity contribution is 0.104. The molecule has 0 fully saturated rings. The van der Waals surface area contributed by atoms with E-state index in [9.17, 15) is 13.6 Å². The number of halogens is 2. The summed E-state index contributed by atoms with van der Waals surface area (Å²) in [5.74, 6) is -2.08. The first-order valence-electron chi connectivity index (χ1n) is 5.24. The molecule has 0 atom stereocenters. The summed E-state index contributed by atoms with van der Waals surface area (Å²) in [5, 5.41) is 0. The van der Waals surface area contributed by atoms with Crippen LogP contribution in [-0.2, 0) is 0 Å². The molecule has 2 aromatic rings. The first kappa shape index (κ1) is 12.1. The molecule has 1 heterocycles. The number of carbonyl (C=O) groups excluding carboxylic acids is 1. The molecule has 0 aliphatic heterocycles. The Hall–Kier alpha value is -2.36. The molecule has 0 N–H and O–H groups in total. The number of aromatic nitrogens is 1. The third kappa shape index (κ3) is 2.85. The van der Waals surface area contributed by atoms with Crippen LogP contribution in [0.3, 0.4) is 0 Å². The first-order valence-corrected chi connectivity index (χ1v) is 5.24. The van der Waals surface area contributed by atoms with Crippen molar-refractivity contribution in [2.24, 2.45) is 0 Å². The van der Waals surface area contributed by atoms with Crippen LogP contribution in [0.4, 0.5) is 8.78 Å². The lowest BCUT2D eigenvalue weighted by atomic mass is 10.1. The molecule has 0 unspecified atom stereocenters. The predicted octanol–water partition coefficient (Wildman–Crippen LogP) is 3.26. The molecule has 4 heteroatoms. The summed E-state index contributed by atoms with van der Waals surface area (Å²) < 4.78 is 26.0. The predicted molar refractivity (Wildman–Crippen MR) is 64.0 cm³/mol. The van der Waals surface area contributed by atoms with Gasteiger partial charge in [0.1, 0.15) is 11.6 Å². The van der Waals surface area contributed by atoms with Gasteiger partial charge in [-0.25, -0.2) is 8.78 Å². The quantitative estimate of drug-likeness (QED) is 0.613. The highest BCUT2D eigenvalue weighted by Gasteiger charge is 2.09. The molecule has 1 aromatic heterocycles. The Kier molecular flexibility index (Phi) is 3.57. The summed E-state index contributed by atoms with van der Waals surface area (Å²) in [4.78, 5) is 15.5. The number of rotatable bonds is 3. The fourth-order valence-corrected chi connectivity index (χ4v) is 1.43.